The van der Waals surface area contributed by atoms with E-state index >= 15 is 0 Å². The molecule has 3 aromatic carbocycles. The molecule has 1 N–H and O–H groups in total. The topological polar surface area (TPSA) is 58.6 Å². The second-order valence-electron chi connectivity index (χ2n) is 5.96. The molecule has 0 spiro atoms. The highest BCUT2D eigenvalue weighted by molar-refractivity contribution is 6.06. The fraction of sp³-hybridized carbons (Fsp3) is 0.0909. The summed E-state index contributed by atoms with van der Waals surface area (Å²) in [5.74, 6) is -0.126. The molecule has 5 nitrogen and oxygen atoms in total. The predicted molar refractivity (Wildman–Crippen MR) is 106 cm³/mol. The van der Waals surface area contributed by atoms with Gasteiger partial charge in [-0.2, -0.15) is 0 Å². The van der Waals surface area contributed by atoms with E-state index in [-0.39, 0.29) is 12.5 Å². The highest BCUT2D eigenvalue weighted by Crippen LogP contribution is 2.17. The van der Waals surface area contributed by atoms with E-state index in [1.54, 1.807) is 36.2 Å². The Bertz CT molecular complexity index is 894. The van der Waals surface area contributed by atoms with Crippen molar-refractivity contribution in [3.63, 3.8) is 0 Å². The van der Waals surface area contributed by atoms with Gasteiger partial charge in [0.05, 0.1) is 0 Å². The summed E-state index contributed by atoms with van der Waals surface area (Å²) in [6.07, 6.45) is -0.542. The Morgan fingerprint density at radius 1 is 0.852 bits per heavy atom. The fourth-order valence-electron chi connectivity index (χ4n) is 2.54. The van der Waals surface area contributed by atoms with Gasteiger partial charge in [-0.15, -0.1) is 0 Å². The molecule has 0 aliphatic rings. The smallest absolute Gasteiger partial charge is 0.411 e. The lowest BCUT2D eigenvalue weighted by Gasteiger charge is -2.17. The van der Waals surface area contributed by atoms with Crippen LogP contribution in [-0.2, 0) is 11.3 Å². The number of ether oxygens (including phenoxy) is 1. The number of benzene rings is 3. The molecule has 27 heavy (non-hydrogen) atoms. The minimum atomic E-state index is -0.542. The second kappa shape index (κ2) is 8.67. The predicted octanol–water partition coefficient (Wildman–Crippen LogP) is 4.71. The maximum atomic E-state index is 12.6. The van der Waals surface area contributed by atoms with Crippen LogP contribution in [0.15, 0.2) is 84.9 Å². The van der Waals surface area contributed by atoms with E-state index < -0.39 is 6.09 Å². The molecular weight excluding hydrogens is 340 g/mol. The van der Waals surface area contributed by atoms with Crippen molar-refractivity contribution >= 4 is 23.4 Å². The van der Waals surface area contributed by atoms with E-state index in [0.717, 1.165) is 11.3 Å². The minimum absolute atomic E-state index is 0.126. The van der Waals surface area contributed by atoms with Crippen molar-refractivity contribution in [1.82, 2.24) is 0 Å². The highest BCUT2D eigenvalue weighted by Gasteiger charge is 2.13. The Kier molecular flexibility index (Phi) is 5.84. The van der Waals surface area contributed by atoms with E-state index in [4.69, 9.17) is 4.74 Å². The third-order valence-electron chi connectivity index (χ3n) is 4.04. The molecule has 0 bridgehead atoms. The van der Waals surface area contributed by atoms with Crippen molar-refractivity contribution in [3.05, 3.63) is 96.1 Å². The maximum Gasteiger partial charge on any atom is 0.411 e. The number of hydrogen-bond acceptors (Lipinski definition) is 3. The van der Waals surface area contributed by atoms with Gasteiger partial charge in [-0.1, -0.05) is 48.5 Å². The van der Waals surface area contributed by atoms with Crippen molar-refractivity contribution in [2.45, 2.75) is 6.61 Å². The number of carbonyl (C=O) groups is 2. The van der Waals surface area contributed by atoms with Crippen molar-refractivity contribution in [3.8, 4) is 0 Å². The summed E-state index contributed by atoms with van der Waals surface area (Å²) in [5, 5.41) is 2.65. The molecule has 0 aliphatic carbocycles. The molecule has 0 radical (unpaired) electrons. The zero-order valence-electron chi connectivity index (χ0n) is 15.0. The van der Waals surface area contributed by atoms with Crippen LogP contribution in [0.1, 0.15) is 15.9 Å². The lowest BCUT2D eigenvalue weighted by Crippen LogP contribution is -2.26. The monoisotopic (exact) mass is 360 g/mol. The number of carbonyl (C=O) groups excluding carboxylic acids is 2. The average molecular weight is 360 g/mol. The van der Waals surface area contributed by atoms with Crippen LogP contribution in [0.2, 0.25) is 0 Å². The zero-order valence-corrected chi connectivity index (χ0v) is 15.0. The van der Waals surface area contributed by atoms with Crippen LogP contribution < -0.4 is 10.2 Å². The van der Waals surface area contributed by atoms with E-state index in [1.807, 2.05) is 60.7 Å². The van der Waals surface area contributed by atoms with Crippen molar-refractivity contribution < 1.29 is 14.3 Å². The third kappa shape index (κ3) is 4.95. The molecule has 2 amide bonds. The van der Waals surface area contributed by atoms with Crippen LogP contribution in [0, 0.1) is 0 Å². The number of rotatable bonds is 5. The van der Waals surface area contributed by atoms with E-state index in [2.05, 4.69) is 5.32 Å². The summed E-state index contributed by atoms with van der Waals surface area (Å²) < 4.78 is 5.18. The number of hydrogen-bond donors (Lipinski definition) is 1. The summed E-state index contributed by atoms with van der Waals surface area (Å²) in [6.45, 7) is 0.200. The zero-order chi connectivity index (χ0) is 19.1. The number of nitrogens with one attached hydrogen (secondary N) is 1. The second-order valence-corrected chi connectivity index (χ2v) is 5.96. The van der Waals surface area contributed by atoms with Crippen LogP contribution in [0.5, 0.6) is 0 Å². The van der Waals surface area contributed by atoms with Gasteiger partial charge in [0.15, 0.2) is 0 Å². The van der Waals surface area contributed by atoms with Crippen LogP contribution in [-0.4, -0.2) is 19.0 Å². The van der Waals surface area contributed by atoms with Crippen molar-refractivity contribution in [2.24, 2.45) is 0 Å². The van der Waals surface area contributed by atoms with Gasteiger partial charge in [0.25, 0.3) is 5.91 Å². The summed E-state index contributed by atoms with van der Waals surface area (Å²) in [5.41, 5.74) is 2.82. The Hall–Kier alpha value is -3.60. The van der Waals surface area contributed by atoms with Gasteiger partial charge in [0.2, 0.25) is 0 Å². The van der Waals surface area contributed by atoms with Gasteiger partial charge in [-0.05, 0) is 42.0 Å². The molecule has 0 saturated carbocycles. The summed E-state index contributed by atoms with van der Waals surface area (Å²) >= 11 is 0. The first-order chi connectivity index (χ1) is 13.1. The minimum Gasteiger partial charge on any atom is -0.444 e. The Balaban J connectivity index is 1.56. The van der Waals surface area contributed by atoms with Gasteiger partial charge in [0.1, 0.15) is 6.61 Å². The van der Waals surface area contributed by atoms with Gasteiger partial charge in [-0.3, -0.25) is 10.1 Å². The first-order valence-electron chi connectivity index (χ1n) is 8.54. The Labute approximate surface area is 158 Å². The average Bonchev–Trinajstić information content (AvgIpc) is 2.73. The number of amides is 2. The number of para-hydroxylation sites is 1. The largest absolute Gasteiger partial charge is 0.444 e. The molecule has 0 fully saturated rings. The van der Waals surface area contributed by atoms with Gasteiger partial charge < -0.3 is 9.64 Å². The SMILES string of the molecule is CN(C(=O)c1ccc(NC(=O)OCc2ccccc2)cc1)c1ccccc1. The molecule has 0 aromatic heterocycles. The van der Waals surface area contributed by atoms with E-state index in [9.17, 15) is 9.59 Å². The Morgan fingerprint density at radius 2 is 1.44 bits per heavy atom. The number of anilines is 2. The first-order valence-corrected chi connectivity index (χ1v) is 8.54. The van der Waals surface area contributed by atoms with Crippen LogP contribution >= 0.6 is 0 Å². The Morgan fingerprint density at radius 3 is 2.07 bits per heavy atom. The molecule has 0 heterocycles. The lowest BCUT2D eigenvalue weighted by atomic mass is 10.1. The highest BCUT2D eigenvalue weighted by atomic mass is 16.5. The molecule has 0 unspecified atom stereocenters. The molecule has 5 heteroatoms. The summed E-state index contributed by atoms with van der Waals surface area (Å²) in [7, 11) is 1.73. The van der Waals surface area contributed by atoms with Crippen LogP contribution in [0.25, 0.3) is 0 Å². The summed E-state index contributed by atoms with van der Waals surface area (Å²) in [6, 6.07) is 25.6. The standard InChI is InChI=1S/C22H20N2O3/c1-24(20-10-6-3-7-11-20)21(25)18-12-14-19(15-13-18)23-22(26)27-16-17-8-4-2-5-9-17/h2-15H,16H2,1H3,(H,23,26). The quantitative estimate of drug-likeness (QED) is 0.717. The molecule has 3 aromatic rings. The van der Waals surface area contributed by atoms with Gasteiger partial charge in [0, 0.05) is 24.0 Å². The number of nitrogens with zero attached hydrogens (tertiary/aromatic N) is 1. The molecule has 136 valence electrons. The third-order valence-corrected chi connectivity index (χ3v) is 4.04. The molecule has 0 aliphatic heterocycles. The first kappa shape index (κ1) is 18.2. The summed E-state index contributed by atoms with van der Waals surface area (Å²) in [4.78, 5) is 26.0. The van der Waals surface area contributed by atoms with Crippen LogP contribution in [0.3, 0.4) is 0 Å². The van der Waals surface area contributed by atoms with Crippen LogP contribution in [0.4, 0.5) is 16.2 Å². The van der Waals surface area contributed by atoms with Gasteiger partial charge in [-0.25, -0.2) is 4.79 Å². The van der Waals surface area contributed by atoms with Crippen molar-refractivity contribution in [1.29, 1.82) is 0 Å². The maximum absolute atomic E-state index is 12.6. The van der Waals surface area contributed by atoms with Crippen molar-refractivity contribution in [2.75, 3.05) is 17.3 Å². The van der Waals surface area contributed by atoms with E-state index in [0.29, 0.717) is 11.3 Å². The lowest BCUT2D eigenvalue weighted by molar-refractivity contribution is 0.0993. The molecule has 3 rings (SSSR count). The van der Waals surface area contributed by atoms with Gasteiger partial charge >= 0.3 is 6.09 Å². The molecule has 0 saturated heterocycles. The van der Waals surface area contributed by atoms with E-state index in [1.165, 1.54) is 0 Å². The normalized spacial score (nSPS) is 10.1. The fourth-order valence-corrected chi connectivity index (χ4v) is 2.54. The molecule has 0 atom stereocenters. The molecular formula is C22H20N2O3.